The van der Waals surface area contributed by atoms with Gasteiger partial charge in [-0.25, -0.2) is 13.1 Å². The average molecular weight is 272 g/mol. The van der Waals surface area contributed by atoms with Crippen molar-refractivity contribution in [1.82, 2.24) is 20.2 Å². The zero-order valence-electron chi connectivity index (χ0n) is 10.9. The van der Waals surface area contributed by atoms with Crippen LogP contribution in [0.4, 0.5) is 0 Å². The standard InChI is InChI=1S/C11H20N4O2S/c1-7-6-12-5-4-10(7)15-18(16,17)11-8(2)13-14-9(11)3/h7,10,12,15H,4-6H2,1-3H3,(H,13,14)/t7-,10-/m0/s1. The number of rotatable bonds is 3. The highest BCUT2D eigenvalue weighted by Gasteiger charge is 2.29. The van der Waals surface area contributed by atoms with Gasteiger partial charge in [-0.3, -0.25) is 5.10 Å². The first-order valence-electron chi connectivity index (χ1n) is 6.16. The third-order valence-corrected chi connectivity index (χ3v) is 5.17. The van der Waals surface area contributed by atoms with Crippen molar-refractivity contribution in [3.8, 4) is 0 Å². The van der Waals surface area contributed by atoms with E-state index in [1.807, 2.05) is 0 Å². The maximum Gasteiger partial charge on any atom is 0.244 e. The van der Waals surface area contributed by atoms with Gasteiger partial charge >= 0.3 is 0 Å². The second-order valence-corrected chi connectivity index (χ2v) is 6.61. The molecule has 1 saturated heterocycles. The van der Waals surface area contributed by atoms with Crippen LogP contribution in [0.1, 0.15) is 24.7 Å². The van der Waals surface area contributed by atoms with Crippen molar-refractivity contribution < 1.29 is 8.42 Å². The van der Waals surface area contributed by atoms with Crippen LogP contribution in [0.2, 0.25) is 0 Å². The maximum atomic E-state index is 12.4. The summed E-state index contributed by atoms with van der Waals surface area (Å²) in [5.74, 6) is 0.293. The van der Waals surface area contributed by atoms with Gasteiger partial charge in [0.05, 0.1) is 11.4 Å². The number of aromatic amines is 1. The largest absolute Gasteiger partial charge is 0.316 e. The van der Waals surface area contributed by atoms with E-state index >= 15 is 0 Å². The van der Waals surface area contributed by atoms with Gasteiger partial charge in [0.15, 0.2) is 0 Å². The molecule has 1 aliphatic rings. The lowest BCUT2D eigenvalue weighted by Gasteiger charge is -2.29. The minimum Gasteiger partial charge on any atom is -0.316 e. The molecule has 18 heavy (non-hydrogen) atoms. The Kier molecular flexibility index (Phi) is 3.74. The molecule has 0 amide bonds. The van der Waals surface area contributed by atoms with Crippen molar-refractivity contribution in [2.45, 2.75) is 38.1 Å². The van der Waals surface area contributed by atoms with Crippen molar-refractivity contribution in [2.24, 2.45) is 5.92 Å². The quantitative estimate of drug-likeness (QED) is 0.739. The first-order chi connectivity index (χ1) is 8.42. The van der Waals surface area contributed by atoms with Crippen molar-refractivity contribution in [2.75, 3.05) is 13.1 Å². The Hall–Kier alpha value is -0.920. The van der Waals surface area contributed by atoms with E-state index in [2.05, 4.69) is 27.2 Å². The van der Waals surface area contributed by atoms with E-state index in [1.54, 1.807) is 13.8 Å². The van der Waals surface area contributed by atoms with E-state index in [-0.39, 0.29) is 10.9 Å². The van der Waals surface area contributed by atoms with Gasteiger partial charge in [-0.15, -0.1) is 0 Å². The molecular formula is C11H20N4O2S. The topological polar surface area (TPSA) is 86.9 Å². The number of piperidine rings is 1. The van der Waals surface area contributed by atoms with Crippen LogP contribution in [0.5, 0.6) is 0 Å². The molecular weight excluding hydrogens is 252 g/mol. The summed E-state index contributed by atoms with van der Waals surface area (Å²) in [6.07, 6.45) is 0.816. The molecule has 1 aromatic heterocycles. The zero-order valence-corrected chi connectivity index (χ0v) is 11.8. The Morgan fingerprint density at radius 1 is 1.39 bits per heavy atom. The molecule has 7 heteroatoms. The average Bonchev–Trinajstić information content (AvgIpc) is 2.62. The molecule has 1 aliphatic heterocycles. The summed E-state index contributed by atoms with van der Waals surface area (Å²) in [5, 5.41) is 9.90. The first-order valence-corrected chi connectivity index (χ1v) is 7.64. The van der Waals surface area contributed by atoms with E-state index in [1.165, 1.54) is 0 Å². The SMILES string of the molecule is Cc1n[nH]c(C)c1S(=O)(=O)N[C@H]1CCNC[C@@H]1C. The number of H-pyrrole nitrogens is 1. The van der Waals surface area contributed by atoms with Crippen LogP contribution >= 0.6 is 0 Å². The summed E-state index contributed by atoms with van der Waals surface area (Å²) in [6, 6.07) is -0.00931. The summed E-state index contributed by atoms with van der Waals surface area (Å²) >= 11 is 0. The highest BCUT2D eigenvalue weighted by atomic mass is 32.2. The predicted molar refractivity (Wildman–Crippen MR) is 68.8 cm³/mol. The van der Waals surface area contributed by atoms with E-state index in [9.17, 15) is 8.42 Å². The molecule has 6 nitrogen and oxygen atoms in total. The van der Waals surface area contributed by atoms with Crippen molar-refractivity contribution in [3.05, 3.63) is 11.4 Å². The number of aromatic nitrogens is 2. The number of aryl methyl sites for hydroxylation is 2. The summed E-state index contributed by atoms with van der Waals surface area (Å²) in [7, 11) is -3.48. The summed E-state index contributed by atoms with van der Waals surface area (Å²) in [4.78, 5) is 0.285. The lowest BCUT2D eigenvalue weighted by atomic mass is 9.97. The molecule has 1 fully saturated rings. The van der Waals surface area contributed by atoms with Crippen LogP contribution in [0.15, 0.2) is 4.90 Å². The normalized spacial score (nSPS) is 25.3. The molecule has 0 bridgehead atoms. The minimum atomic E-state index is -3.48. The number of sulfonamides is 1. The van der Waals surface area contributed by atoms with Crippen LogP contribution in [0.25, 0.3) is 0 Å². The third kappa shape index (κ3) is 2.57. The van der Waals surface area contributed by atoms with Crippen molar-refractivity contribution >= 4 is 10.0 Å². The molecule has 0 radical (unpaired) electrons. The van der Waals surface area contributed by atoms with Gasteiger partial charge in [-0.05, 0) is 39.3 Å². The molecule has 1 aromatic rings. The van der Waals surface area contributed by atoms with Gasteiger partial charge < -0.3 is 5.32 Å². The monoisotopic (exact) mass is 272 g/mol. The van der Waals surface area contributed by atoms with Gasteiger partial charge in [0, 0.05) is 6.04 Å². The Labute approximate surface area is 108 Å². The number of hydrogen-bond donors (Lipinski definition) is 3. The van der Waals surface area contributed by atoms with Crippen LogP contribution in [0.3, 0.4) is 0 Å². The molecule has 102 valence electrons. The number of nitrogens with one attached hydrogen (secondary N) is 3. The lowest BCUT2D eigenvalue weighted by Crippen LogP contribution is -2.48. The second-order valence-electron chi connectivity index (χ2n) is 4.96. The molecule has 0 unspecified atom stereocenters. The summed E-state index contributed by atoms with van der Waals surface area (Å²) in [5.41, 5.74) is 1.10. The van der Waals surface area contributed by atoms with Crippen LogP contribution < -0.4 is 10.0 Å². The van der Waals surface area contributed by atoms with Gasteiger partial charge in [0.25, 0.3) is 0 Å². The summed E-state index contributed by atoms with van der Waals surface area (Å²) in [6.45, 7) is 7.16. The van der Waals surface area contributed by atoms with Gasteiger partial charge in [-0.1, -0.05) is 6.92 Å². The van der Waals surface area contributed by atoms with E-state index in [0.717, 1.165) is 19.5 Å². The Morgan fingerprint density at radius 2 is 2.11 bits per heavy atom. The third-order valence-electron chi connectivity index (χ3n) is 3.42. The predicted octanol–water partition coefficient (Wildman–Crippen LogP) is 0.303. The minimum absolute atomic E-state index is 0.00931. The van der Waals surface area contributed by atoms with E-state index < -0.39 is 10.0 Å². The molecule has 0 aromatic carbocycles. The smallest absolute Gasteiger partial charge is 0.244 e. The fourth-order valence-corrected chi connectivity index (χ4v) is 4.13. The molecule has 0 spiro atoms. The second kappa shape index (κ2) is 4.99. The highest BCUT2D eigenvalue weighted by Crippen LogP contribution is 2.19. The molecule has 0 aliphatic carbocycles. The Morgan fingerprint density at radius 3 is 2.67 bits per heavy atom. The Bertz CT molecular complexity index is 504. The van der Waals surface area contributed by atoms with Gasteiger partial charge in [0.2, 0.25) is 10.0 Å². The lowest BCUT2D eigenvalue weighted by molar-refractivity contribution is 0.328. The molecule has 2 atom stereocenters. The first kappa shape index (κ1) is 13.5. The fraction of sp³-hybridized carbons (Fsp3) is 0.727. The molecule has 3 N–H and O–H groups in total. The van der Waals surface area contributed by atoms with Gasteiger partial charge in [0.1, 0.15) is 4.90 Å². The highest BCUT2D eigenvalue weighted by molar-refractivity contribution is 7.89. The molecule has 2 rings (SSSR count). The molecule has 2 heterocycles. The fourth-order valence-electron chi connectivity index (χ4n) is 2.38. The van der Waals surface area contributed by atoms with E-state index in [0.29, 0.717) is 17.3 Å². The van der Waals surface area contributed by atoms with Gasteiger partial charge in [-0.2, -0.15) is 5.10 Å². The van der Waals surface area contributed by atoms with Crippen LogP contribution in [-0.4, -0.2) is 37.7 Å². The van der Waals surface area contributed by atoms with E-state index in [4.69, 9.17) is 0 Å². The molecule has 0 saturated carbocycles. The summed E-state index contributed by atoms with van der Waals surface area (Å²) < 4.78 is 27.5. The van der Waals surface area contributed by atoms with Crippen LogP contribution in [0, 0.1) is 19.8 Å². The Balaban J connectivity index is 2.22. The van der Waals surface area contributed by atoms with Crippen molar-refractivity contribution in [3.63, 3.8) is 0 Å². The van der Waals surface area contributed by atoms with Crippen molar-refractivity contribution in [1.29, 1.82) is 0 Å². The maximum absolute atomic E-state index is 12.4. The van der Waals surface area contributed by atoms with Crippen LogP contribution in [-0.2, 0) is 10.0 Å². The number of nitrogens with zero attached hydrogens (tertiary/aromatic N) is 1. The number of hydrogen-bond acceptors (Lipinski definition) is 4. The zero-order chi connectivity index (χ0) is 13.3.